The SMILES string of the molecule is CC(N)Cc1cccc(Cl)c1OCC(=O)N1CCOCC1. The molecule has 1 aliphatic rings. The Balaban J connectivity index is 2.00. The van der Waals surface area contributed by atoms with E-state index in [-0.39, 0.29) is 18.6 Å². The fourth-order valence-corrected chi connectivity index (χ4v) is 2.51. The predicted molar refractivity (Wildman–Crippen MR) is 81.7 cm³/mol. The number of amides is 1. The maximum Gasteiger partial charge on any atom is 0.260 e. The highest BCUT2D eigenvalue weighted by Gasteiger charge is 2.18. The molecule has 0 aromatic heterocycles. The molecule has 1 atom stereocenters. The van der Waals surface area contributed by atoms with Crippen LogP contribution in [-0.4, -0.2) is 49.8 Å². The molecular weight excluding hydrogens is 292 g/mol. The summed E-state index contributed by atoms with van der Waals surface area (Å²) < 4.78 is 10.9. The topological polar surface area (TPSA) is 64.8 Å². The zero-order chi connectivity index (χ0) is 15.2. The van der Waals surface area contributed by atoms with Crippen molar-refractivity contribution in [3.8, 4) is 5.75 Å². The predicted octanol–water partition coefficient (Wildman–Crippen LogP) is 1.47. The number of hydrogen-bond donors (Lipinski definition) is 1. The summed E-state index contributed by atoms with van der Waals surface area (Å²) >= 11 is 6.17. The van der Waals surface area contributed by atoms with Crippen molar-refractivity contribution in [2.45, 2.75) is 19.4 Å². The van der Waals surface area contributed by atoms with Crippen LogP contribution in [0.1, 0.15) is 12.5 Å². The zero-order valence-electron chi connectivity index (χ0n) is 12.2. The summed E-state index contributed by atoms with van der Waals surface area (Å²) in [5, 5.41) is 0.503. The van der Waals surface area contributed by atoms with Crippen molar-refractivity contribution in [1.29, 1.82) is 0 Å². The number of morpholine rings is 1. The molecule has 1 aliphatic heterocycles. The Morgan fingerprint density at radius 2 is 2.19 bits per heavy atom. The van der Waals surface area contributed by atoms with E-state index in [1.807, 2.05) is 19.1 Å². The molecule has 1 unspecified atom stereocenters. The number of hydrogen-bond acceptors (Lipinski definition) is 4. The van der Waals surface area contributed by atoms with Gasteiger partial charge in [-0.15, -0.1) is 0 Å². The Labute approximate surface area is 130 Å². The Morgan fingerprint density at radius 3 is 2.86 bits per heavy atom. The van der Waals surface area contributed by atoms with E-state index in [2.05, 4.69) is 0 Å². The maximum absolute atomic E-state index is 12.1. The van der Waals surface area contributed by atoms with Gasteiger partial charge in [-0.25, -0.2) is 0 Å². The van der Waals surface area contributed by atoms with Gasteiger partial charge in [0.2, 0.25) is 0 Å². The Morgan fingerprint density at radius 1 is 1.48 bits per heavy atom. The first-order valence-corrected chi connectivity index (χ1v) is 7.47. The van der Waals surface area contributed by atoms with E-state index in [0.29, 0.717) is 43.5 Å². The summed E-state index contributed by atoms with van der Waals surface area (Å²) in [4.78, 5) is 13.8. The van der Waals surface area contributed by atoms with Gasteiger partial charge in [-0.05, 0) is 25.0 Å². The lowest BCUT2D eigenvalue weighted by Crippen LogP contribution is -2.43. The molecule has 5 nitrogen and oxygen atoms in total. The number of nitrogens with zero attached hydrogens (tertiary/aromatic N) is 1. The number of ether oxygens (including phenoxy) is 2. The van der Waals surface area contributed by atoms with Crippen LogP contribution in [0.5, 0.6) is 5.75 Å². The second-order valence-electron chi connectivity index (χ2n) is 5.19. The van der Waals surface area contributed by atoms with Gasteiger partial charge in [0.25, 0.3) is 5.91 Å². The molecule has 1 fully saturated rings. The lowest BCUT2D eigenvalue weighted by atomic mass is 10.1. The Bertz CT molecular complexity index is 488. The fraction of sp³-hybridized carbons (Fsp3) is 0.533. The highest BCUT2D eigenvalue weighted by atomic mass is 35.5. The minimum Gasteiger partial charge on any atom is -0.482 e. The van der Waals surface area contributed by atoms with Crippen molar-refractivity contribution >= 4 is 17.5 Å². The molecule has 6 heteroatoms. The molecule has 0 spiro atoms. The van der Waals surface area contributed by atoms with E-state index in [1.165, 1.54) is 0 Å². The molecular formula is C15H21ClN2O3. The summed E-state index contributed by atoms with van der Waals surface area (Å²) in [5.74, 6) is 0.503. The summed E-state index contributed by atoms with van der Waals surface area (Å²) in [5.41, 5.74) is 6.75. The van der Waals surface area contributed by atoms with Gasteiger partial charge >= 0.3 is 0 Å². The number of carbonyl (C=O) groups excluding carboxylic acids is 1. The zero-order valence-corrected chi connectivity index (χ0v) is 12.9. The minimum atomic E-state index is -0.0510. The van der Waals surface area contributed by atoms with Crippen LogP contribution in [0, 0.1) is 0 Å². The van der Waals surface area contributed by atoms with Crippen molar-refractivity contribution < 1.29 is 14.3 Å². The number of carbonyl (C=O) groups is 1. The standard InChI is InChI=1S/C15H21ClN2O3/c1-11(17)9-12-3-2-4-13(16)15(12)21-10-14(19)18-5-7-20-8-6-18/h2-4,11H,5-10,17H2,1H3. The number of rotatable bonds is 5. The van der Waals surface area contributed by atoms with E-state index < -0.39 is 0 Å². The third kappa shape index (κ3) is 4.59. The summed E-state index contributed by atoms with van der Waals surface area (Å²) in [6, 6.07) is 5.53. The Kier molecular flexibility index (Phi) is 5.85. The number of nitrogens with two attached hydrogens (primary N) is 1. The lowest BCUT2D eigenvalue weighted by molar-refractivity contribution is -0.137. The van der Waals surface area contributed by atoms with Gasteiger partial charge in [0, 0.05) is 19.1 Å². The number of para-hydroxylation sites is 1. The molecule has 0 bridgehead atoms. The van der Waals surface area contributed by atoms with Gasteiger partial charge in [0.15, 0.2) is 6.61 Å². The molecule has 1 heterocycles. The van der Waals surface area contributed by atoms with Gasteiger partial charge in [-0.3, -0.25) is 4.79 Å². The smallest absolute Gasteiger partial charge is 0.260 e. The second-order valence-corrected chi connectivity index (χ2v) is 5.60. The molecule has 1 saturated heterocycles. The lowest BCUT2D eigenvalue weighted by Gasteiger charge is -2.27. The quantitative estimate of drug-likeness (QED) is 0.894. The van der Waals surface area contributed by atoms with Crippen molar-refractivity contribution in [2.75, 3.05) is 32.9 Å². The first-order chi connectivity index (χ1) is 10.1. The largest absolute Gasteiger partial charge is 0.482 e. The third-order valence-corrected chi connectivity index (χ3v) is 3.59. The highest BCUT2D eigenvalue weighted by Crippen LogP contribution is 2.29. The first-order valence-electron chi connectivity index (χ1n) is 7.09. The molecule has 21 heavy (non-hydrogen) atoms. The highest BCUT2D eigenvalue weighted by molar-refractivity contribution is 6.32. The second kappa shape index (κ2) is 7.64. The first kappa shape index (κ1) is 16.1. The van der Waals surface area contributed by atoms with E-state index in [0.717, 1.165) is 5.56 Å². The normalized spacial score (nSPS) is 16.6. The molecule has 0 radical (unpaired) electrons. The van der Waals surface area contributed by atoms with Gasteiger partial charge in [-0.1, -0.05) is 23.7 Å². The van der Waals surface area contributed by atoms with E-state index in [9.17, 15) is 4.79 Å². The van der Waals surface area contributed by atoms with Gasteiger partial charge < -0.3 is 20.1 Å². The van der Waals surface area contributed by atoms with Gasteiger partial charge in [0.05, 0.1) is 18.2 Å². The molecule has 1 amide bonds. The van der Waals surface area contributed by atoms with E-state index >= 15 is 0 Å². The van der Waals surface area contributed by atoms with Crippen LogP contribution in [0.2, 0.25) is 5.02 Å². The van der Waals surface area contributed by atoms with Crippen LogP contribution in [0.3, 0.4) is 0 Å². The summed E-state index contributed by atoms with van der Waals surface area (Å²) in [7, 11) is 0. The molecule has 0 aliphatic carbocycles. The van der Waals surface area contributed by atoms with E-state index in [1.54, 1.807) is 11.0 Å². The molecule has 1 aromatic rings. The van der Waals surface area contributed by atoms with Crippen LogP contribution in [0.15, 0.2) is 18.2 Å². The maximum atomic E-state index is 12.1. The van der Waals surface area contributed by atoms with Crippen LogP contribution < -0.4 is 10.5 Å². The van der Waals surface area contributed by atoms with Gasteiger partial charge in [-0.2, -0.15) is 0 Å². The number of benzene rings is 1. The number of halogens is 1. The third-order valence-electron chi connectivity index (χ3n) is 3.29. The molecule has 0 saturated carbocycles. The van der Waals surface area contributed by atoms with Crippen molar-refractivity contribution in [3.05, 3.63) is 28.8 Å². The van der Waals surface area contributed by atoms with Crippen molar-refractivity contribution in [3.63, 3.8) is 0 Å². The molecule has 2 N–H and O–H groups in total. The van der Waals surface area contributed by atoms with Crippen LogP contribution in [-0.2, 0) is 16.0 Å². The van der Waals surface area contributed by atoms with Crippen molar-refractivity contribution in [2.24, 2.45) is 5.73 Å². The minimum absolute atomic E-state index is 0.000705. The van der Waals surface area contributed by atoms with Gasteiger partial charge in [0.1, 0.15) is 5.75 Å². The summed E-state index contributed by atoms with van der Waals surface area (Å²) in [6.07, 6.45) is 0.654. The van der Waals surface area contributed by atoms with Crippen molar-refractivity contribution in [1.82, 2.24) is 4.90 Å². The summed E-state index contributed by atoms with van der Waals surface area (Å²) in [6.45, 7) is 4.27. The average molecular weight is 313 g/mol. The Hall–Kier alpha value is -1.30. The van der Waals surface area contributed by atoms with E-state index in [4.69, 9.17) is 26.8 Å². The van der Waals surface area contributed by atoms with Crippen LogP contribution in [0.4, 0.5) is 0 Å². The molecule has 1 aromatic carbocycles. The fourth-order valence-electron chi connectivity index (χ4n) is 2.26. The monoisotopic (exact) mass is 312 g/mol. The van der Waals surface area contributed by atoms with Crippen LogP contribution >= 0.6 is 11.6 Å². The average Bonchev–Trinajstić information content (AvgIpc) is 2.46. The van der Waals surface area contributed by atoms with Crippen LogP contribution in [0.25, 0.3) is 0 Å². The molecule has 2 rings (SSSR count). The molecule has 116 valence electrons.